The minimum Gasteiger partial charge on any atom is -0.353 e. The summed E-state index contributed by atoms with van der Waals surface area (Å²) in [4.78, 5) is 15.7. The van der Waals surface area contributed by atoms with Crippen molar-refractivity contribution in [1.82, 2.24) is 10.3 Å². The predicted molar refractivity (Wildman–Crippen MR) is 70.8 cm³/mol. The number of carbonyl (C=O) groups excluding carboxylic acids is 1. The molecule has 1 aromatic heterocycles. The Morgan fingerprint density at radius 3 is 2.55 bits per heavy atom. The topological polar surface area (TPSA) is 42.0 Å². The first-order valence-electron chi connectivity index (χ1n) is 6.31. The molecule has 0 aliphatic heterocycles. The van der Waals surface area contributed by atoms with Gasteiger partial charge in [0.2, 0.25) is 5.91 Å². The highest BCUT2D eigenvalue weighted by atomic mass is 35.5. The van der Waals surface area contributed by atoms with Gasteiger partial charge in [-0.25, -0.2) is 4.98 Å². The number of carbonyl (C=O) groups is 1. The van der Waals surface area contributed by atoms with Crippen LogP contribution in [0.1, 0.15) is 30.7 Å². The lowest BCUT2D eigenvalue weighted by molar-refractivity contribution is -0.182. The highest BCUT2D eigenvalue weighted by molar-refractivity contribution is 7.15. The normalized spacial score (nSPS) is 23.6. The average molecular weight is 327 g/mol. The fourth-order valence-corrected chi connectivity index (χ4v) is 3.31. The molecule has 1 saturated carbocycles. The largest absolute Gasteiger partial charge is 0.391 e. The van der Waals surface area contributed by atoms with Gasteiger partial charge in [0.05, 0.1) is 18.5 Å². The Morgan fingerprint density at radius 2 is 2.05 bits per heavy atom. The molecule has 0 spiro atoms. The Hall–Kier alpha value is -0.820. The first kappa shape index (κ1) is 15.6. The molecule has 2 rings (SSSR count). The fourth-order valence-electron chi connectivity index (χ4n) is 2.35. The van der Waals surface area contributed by atoms with Crippen LogP contribution in [0.5, 0.6) is 0 Å². The number of hydrogen-bond donors (Lipinski definition) is 1. The molecule has 3 nitrogen and oxygen atoms in total. The number of rotatable bonds is 3. The van der Waals surface area contributed by atoms with Crippen molar-refractivity contribution in [1.29, 1.82) is 0 Å². The Bertz CT molecular complexity index is 470. The number of alkyl halides is 3. The van der Waals surface area contributed by atoms with Gasteiger partial charge in [-0.05, 0) is 25.7 Å². The van der Waals surface area contributed by atoms with E-state index in [1.807, 2.05) is 0 Å². The van der Waals surface area contributed by atoms with Crippen LogP contribution in [-0.4, -0.2) is 23.1 Å². The molecule has 1 aliphatic rings. The molecule has 0 aromatic carbocycles. The van der Waals surface area contributed by atoms with Gasteiger partial charge in [0, 0.05) is 6.04 Å². The molecule has 112 valence electrons. The maximum absolute atomic E-state index is 12.5. The molecule has 1 aromatic rings. The van der Waals surface area contributed by atoms with Crippen molar-refractivity contribution in [2.75, 3.05) is 0 Å². The second-order valence-electron chi connectivity index (χ2n) is 4.89. The molecular weight excluding hydrogens is 313 g/mol. The monoisotopic (exact) mass is 326 g/mol. The lowest BCUT2D eigenvalue weighted by Crippen LogP contribution is -2.40. The lowest BCUT2D eigenvalue weighted by Gasteiger charge is -2.30. The molecule has 0 atom stereocenters. The van der Waals surface area contributed by atoms with Crippen LogP contribution in [0.3, 0.4) is 0 Å². The van der Waals surface area contributed by atoms with Crippen molar-refractivity contribution in [2.24, 2.45) is 5.92 Å². The third-order valence-electron chi connectivity index (χ3n) is 3.39. The number of aromatic nitrogens is 1. The highest BCUT2D eigenvalue weighted by Gasteiger charge is 2.41. The van der Waals surface area contributed by atoms with Gasteiger partial charge in [-0.1, -0.05) is 11.6 Å². The maximum atomic E-state index is 12.5. The van der Waals surface area contributed by atoms with Crippen LogP contribution < -0.4 is 5.32 Å². The van der Waals surface area contributed by atoms with Crippen LogP contribution in [0.15, 0.2) is 6.20 Å². The first-order valence-corrected chi connectivity index (χ1v) is 7.50. The van der Waals surface area contributed by atoms with Crippen molar-refractivity contribution in [3.63, 3.8) is 0 Å². The van der Waals surface area contributed by atoms with E-state index in [-0.39, 0.29) is 31.2 Å². The van der Waals surface area contributed by atoms with Gasteiger partial charge in [-0.15, -0.1) is 11.3 Å². The second kappa shape index (κ2) is 6.30. The molecule has 1 heterocycles. The van der Waals surface area contributed by atoms with Gasteiger partial charge in [0.15, 0.2) is 0 Å². The molecule has 8 heteroatoms. The Kier molecular flexibility index (Phi) is 4.90. The number of thiazole rings is 1. The molecule has 0 saturated heterocycles. The van der Waals surface area contributed by atoms with Crippen molar-refractivity contribution in [2.45, 2.75) is 44.3 Å². The average Bonchev–Trinajstić information content (AvgIpc) is 2.74. The van der Waals surface area contributed by atoms with E-state index in [1.165, 1.54) is 17.5 Å². The smallest absolute Gasteiger partial charge is 0.353 e. The Balaban J connectivity index is 1.76. The van der Waals surface area contributed by atoms with Crippen LogP contribution in [-0.2, 0) is 11.2 Å². The molecule has 1 N–H and O–H groups in total. The summed E-state index contributed by atoms with van der Waals surface area (Å²) in [6.07, 6.45) is -1.62. The van der Waals surface area contributed by atoms with Gasteiger partial charge in [-0.2, -0.15) is 13.2 Å². The van der Waals surface area contributed by atoms with E-state index in [9.17, 15) is 18.0 Å². The van der Waals surface area contributed by atoms with Crippen LogP contribution in [0, 0.1) is 5.92 Å². The van der Waals surface area contributed by atoms with Crippen molar-refractivity contribution in [3.05, 3.63) is 15.5 Å². The van der Waals surface area contributed by atoms with E-state index in [0.717, 1.165) is 0 Å². The van der Waals surface area contributed by atoms with Crippen molar-refractivity contribution < 1.29 is 18.0 Å². The number of nitrogens with one attached hydrogen (secondary N) is 1. The fraction of sp³-hybridized carbons (Fsp3) is 0.667. The summed E-state index contributed by atoms with van der Waals surface area (Å²) < 4.78 is 38.1. The minimum absolute atomic E-state index is 0.0809. The molecule has 20 heavy (non-hydrogen) atoms. The van der Waals surface area contributed by atoms with E-state index in [4.69, 9.17) is 11.6 Å². The van der Waals surface area contributed by atoms with Crippen LogP contribution in [0.2, 0.25) is 4.34 Å². The van der Waals surface area contributed by atoms with Gasteiger partial charge in [-0.3, -0.25) is 4.79 Å². The van der Waals surface area contributed by atoms with Gasteiger partial charge < -0.3 is 5.32 Å². The third-order valence-corrected chi connectivity index (χ3v) is 4.51. The minimum atomic E-state index is -4.12. The number of hydrogen-bond acceptors (Lipinski definition) is 3. The molecule has 1 amide bonds. The zero-order chi connectivity index (χ0) is 14.8. The maximum Gasteiger partial charge on any atom is 0.391 e. The van der Waals surface area contributed by atoms with Crippen molar-refractivity contribution in [3.8, 4) is 0 Å². The summed E-state index contributed by atoms with van der Waals surface area (Å²) in [6.45, 7) is 0. The predicted octanol–water partition coefficient (Wildman–Crippen LogP) is 3.58. The zero-order valence-corrected chi connectivity index (χ0v) is 12.1. The number of nitrogens with zero attached hydrogens (tertiary/aromatic N) is 1. The Morgan fingerprint density at radius 1 is 1.40 bits per heavy atom. The van der Waals surface area contributed by atoms with E-state index >= 15 is 0 Å². The van der Waals surface area contributed by atoms with Crippen LogP contribution >= 0.6 is 22.9 Å². The van der Waals surface area contributed by atoms with Crippen molar-refractivity contribution >= 4 is 28.8 Å². The van der Waals surface area contributed by atoms with Gasteiger partial charge in [0.25, 0.3) is 0 Å². The van der Waals surface area contributed by atoms with E-state index in [2.05, 4.69) is 10.3 Å². The summed E-state index contributed by atoms with van der Waals surface area (Å²) in [5.41, 5.74) is 0. The summed E-state index contributed by atoms with van der Waals surface area (Å²) >= 11 is 6.94. The second-order valence-corrected chi connectivity index (χ2v) is 6.64. The Labute approximate surface area is 123 Å². The summed E-state index contributed by atoms with van der Waals surface area (Å²) in [6, 6.07) is -0.170. The van der Waals surface area contributed by atoms with E-state index in [1.54, 1.807) is 0 Å². The molecule has 1 fully saturated rings. The molecule has 1 aliphatic carbocycles. The molecule has 0 radical (unpaired) electrons. The van der Waals surface area contributed by atoms with E-state index in [0.29, 0.717) is 22.2 Å². The number of halogens is 4. The SMILES string of the molecule is O=C(Cc1ncc(Cl)s1)NC1CCC(C(F)(F)F)CC1. The lowest BCUT2D eigenvalue weighted by atomic mass is 9.85. The number of amides is 1. The highest BCUT2D eigenvalue weighted by Crippen LogP contribution is 2.37. The molecular formula is C12H14ClF3N2OS. The standard InChI is InChI=1S/C12H14ClF3N2OS/c13-9-6-17-11(20-9)5-10(19)18-8-3-1-7(2-4-8)12(14,15)16/h6-8H,1-5H2,(H,18,19). The molecule has 0 bridgehead atoms. The third kappa shape index (κ3) is 4.34. The van der Waals surface area contributed by atoms with Gasteiger partial charge >= 0.3 is 6.18 Å². The van der Waals surface area contributed by atoms with Crippen LogP contribution in [0.4, 0.5) is 13.2 Å². The summed E-state index contributed by atoms with van der Waals surface area (Å²) in [5, 5.41) is 3.37. The van der Waals surface area contributed by atoms with Crippen LogP contribution in [0.25, 0.3) is 0 Å². The molecule has 0 unspecified atom stereocenters. The van der Waals surface area contributed by atoms with Gasteiger partial charge in [0.1, 0.15) is 9.34 Å². The van der Waals surface area contributed by atoms with E-state index < -0.39 is 12.1 Å². The zero-order valence-electron chi connectivity index (χ0n) is 10.5. The summed E-state index contributed by atoms with van der Waals surface area (Å²) in [7, 11) is 0. The first-order chi connectivity index (χ1) is 9.34. The quantitative estimate of drug-likeness (QED) is 0.922. The summed E-state index contributed by atoms with van der Waals surface area (Å²) in [5.74, 6) is -1.44.